The Morgan fingerprint density at radius 3 is 2.95 bits per heavy atom. The third-order valence-corrected chi connectivity index (χ3v) is 3.33. The van der Waals surface area contributed by atoms with E-state index in [4.69, 9.17) is 0 Å². The topological polar surface area (TPSA) is 58.1 Å². The molecular weight excluding hydrogens is 285 g/mol. The van der Waals surface area contributed by atoms with Crippen LogP contribution in [0.15, 0.2) is 12.3 Å². The number of anilines is 1. The number of hydrogen-bond acceptors (Lipinski definition) is 4. The van der Waals surface area contributed by atoms with Crippen molar-refractivity contribution in [1.82, 2.24) is 15.3 Å². The van der Waals surface area contributed by atoms with E-state index in [1.165, 1.54) is 12.3 Å². The van der Waals surface area contributed by atoms with Crippen molar-refractivity contribution >= 4 is 11.9 Å². The van der Waals surface area contributed by atoms with Gasteiger partial charge in [-0.3, -0.25) is 4.79 Å². The summed E-state index contributed by atoms with van der Waals surface area (Å²) in [5.74, 6) is 0.330. The summed E-state index contributed by atoms with van der Waals surface area (Å²) in [6, 6.07) is 1.48. The number of aromatic nitrogens is 2. The maximum absolute atomic E-state index is 12.3. The number of carbonyl (C=O) groups excluding carboxylic acids is 1. The number of rotatable bonds is 3. The Labute approximate surface area is 120 Å². The van der Waals surface area contributed by atoms with Gasteiger partial charge in [0.25, 0.3) is 0 Å². The van der Waals surface area contributed by atoms with Gasteiger partial charge in [0, 0.05) is 43.9 Å². The normalized spacial score (nSPS) is 20.1. The number of nitrogens with one attached hydrogen (secondary N) is 1. The summed E-state index contributed by atoms with van der Waals surface area (Å²) in [7, 11) is 0. The van der Waals surface area contributed by atoms with E-state index < -0.39 is 12.6 Å². The molecule has 1 fully saturated rings. The van der Waals surface area contributed by atoms with E-state index in [-0.39, 0.29) is 18.4 Å². The number of carbonyl (C=O) groups is 1. The minimum absolute atomic E-state index is 0.00526. The quantitative estimate of drug-likeness (QED) is 0.923. The molecule has 116 valence electrons. The molecule has 8 heteroatoms. The van der Waals surface area contributed by atoms with Crippen molar-refractivity contribution in [2.24, 2.45) is 0 Å². The smallest absolute Gasteiger partial charge is 0.354 e. The maximum atomic E-state index is 12.3. The minimum Gasteiger partial charge on any atom is -0.354 e. The van der Waals surface area contributed by atoms with Crippen LogP contribution in [0.4, 0.5) is 19.1 Å². The zero-order chi connectivity index (χ0) is 15.5. The third kappa shape index (κ3) is 4.57. The highest BCUT2D eigenvalue weighted by molar-refractivity contribution is 5.77. The number of amides is 1. The van der Waals surface area contributed by atoms with E-state index in [0.29, 0.717) is 31.2 Å². The van der Waals surface area contributed by atoms with Crippen LogP contribution in [-0.2, 0) is 11.2 Å². The highest BCUT2D eigenvalue weighted by Crippen LogP contribution is 2.22. The summed E-state index contributed by atoms with van der Waals surface area (Å²) in [6.07, 6.45) is -3.49. The van der Waals surface area contributed by atoms with Gasteiger partial charge in [-0.1, -0.05) is 0 Å². The van der Waals surface area contributed by atoms with Crippen molar-refractivity contribution in [1.29, 1.82) is 0 Å². The predicted octanol–water partition coefficient (Wildman–Crippen LogP) is 1.69. The van der Waals surface area contributed by atoms with Crippen LogP contribution in [0.25, 0.3) is 0 Å². The summed E-state index contributed by atoms with van der Waals surface area (Å²) >= 11 is 0. The molecule has 1 N–H and O–H groups in total. The van der Waals surface area contributed by atoms with Crippen LogP contribution < -0.4 is 10.2 Å². The van der Waals surface area contributed by atoms with Gasteiger partial charge in [0.05, 0.1) is 0 Å². The van der Waals surface area contributed by atoms with E-state index in [9.17, 15) is 18.0 Å². The zero-order valence-electron chi connectivity index (χ0n) is 11.7. The van der Waals surface area contributed by atoms with Gasteiger partial charge < -0.3 is 10.2 Å². The lowest BCUT2D eigenvalue weighted by Crippen LogP contribution is -2.38. The van der Waals surface area contributed by atoms with E-state index in [0.717, 1.165) is 0 Å². The lowest BCUT2D eigenvalue weighted by Gasteiger charge is -2.26. The van der Waals surface area contributed by atoms with Crippen molar-refractivity contribution in [3.63, 3.8) is 0 Å². The molecule has 2 rings (SSSR count). The SMILES string of the molecule is CC1CNC(=O)CCN1c1nccc(CCC(F)(F)F)n1. The molecule has 0 radical (unpaired) electrons. The lowest BCUT2D eigenvalue weighted by molar-refractivity contribution is -0.134. The Kier molecular flexibility index (Phi) is 4.64. The van der Waals surface area contributed by atoms with E-state index in [1.54, 1.807) is 0 Å². The van der Waals surface area contributed by atoms with Crippen LogP contribution >= 0.6 is 0 Å². The molecule has 1 aromatic heterocycles. The van der Waals surface area contributed by atoms with E-state index in [2.05, 4.69) is 15.3 Å². The van der Waals surface area contributed by atoms with Gasteiger partial charge in [-0.15, -0.1) is 0 Å². The first kappa shape index (κ1) is 15.5. The van der Waals surface area contributed by atoms with Crippen LogP contribution in [0.5, 0.6) is 0 Å². The van der Waals surface area contributed by atoms with Crippen LogP contribution in [0.2, 0.25) is 0 Å². The molecule has 1 aromatic rings. The number of hydrogen-bond donors (Lipinski definition) is 1. The first-order chi connectivity index (χ1) is 9.85. The lowest BCUT2D eigenvalue weighted by atomic mass is 10.2. The molecule has 1 atom stereocenters. The average molecular weight is 302 g/mol. The molecule has 0 aromatic carbocycles. The Morgan fingerprint density at radius 2 is 2.24 bits per heavy atom. The Bertz CT molecular complexity index is 506. The Balaban J connectivity index is 2.10. The first-order valence-corrected chi connectivity index (χ1v) is 6.77. The van der Waals surface area contributed by atoms with Gasteiger partial charge in [-0.2, -0.15) is 13.2 Å². The van der Waals surface area contributed by atoms with Gasteiger partial charge in [0.1, 0.15) is 0 Å². The highest BCUT2D eigenvalue weighted by atomic mass is 19.4. The van der Waals surface area contributed by atoms with E-state index in [1.807, 2.05) is 11.8 Å². The third-order valence-electron chi connectivity index (χ3n) is 3.33. The second kappa shape index (κ2) is 6.28. The van der Waals surface area contributed by atoms with Crippen molar-refractivity contribution in [3.8, 4) is 0 Å². The predicted molar refractivity (Wildman–Crippen MR) is 70.8 cm³/mol. The summed E-state index contributed by atoms with van der Waals surface area (Å²) in [5, 5.41) is 2.77. The first-order valence-electron chi connectivity index (χ1n) is 6.77. The molecule has 1 saturated heterocycles. The Hall–Kier alpha value is -1.86. The fourth-order valence-electron chi connectivity index (χ4n) is 2.13. The van der Waals surface area contributed by atoms with Gasteiger partial charge in [0.2, 0.25) is 11.9 Å². The number of aryl methyl sites for hydroxylation is 1. The second-order valence-corrected chi connectivity index (χ2v) is 5.06. The highest BCUT2D eigenvalue weighted by Gasteiger charge is 2.27. The van der Waals surface area contributed by atoms with Crippen LogP contribution in [-0.4, -0.2) is 41.2 Å². The fraction of sp³-hybridized carbons (Fsp3) is 0.615. The summed E-state index contributed by atoms with van der Waals surface area (Å²) in [5.41, 5.74) is 0.355. The minimum atomic E-state index is -4.20. The van der Waals surface area contributed by atoms with Crippen LogP contribution in [0.3, 0.4) is 0 Å². The van der Waals surface area contributed by atoms with Crippen molar-refractivity contribution < 1.29 is 18.0 Å². The molecule has 0 aliphatic carbocycles. The Morgan fingerprint density at radius 1 is 1.48 bits per heavy atom. The molecule has 21 heavy (non-hydrogen) atoms. The van der Waals surface area contributed by atoms with Gasteiger partial charge in [0.15, 0.2) is 0 Å². The van der Waals surface area contributed by atoms with Crippen LogP contribution in [0.1, 0.15) is 25.5 Å². The van der Waals surface area contributed by atoms with Crippen molar-refractivity contribution in [2.45, 2.75) is 38.4 Å². The number of nitrogens with zero attached hydrogens (tertiary/aromatic N) is 3. The second-order valence-electron chi connectivity index (χ2n) is 5.06. The van der Waals surface area contributed by atoms with Gasteiger partial charge in [-0.25, -0.2) is 9.97 Å². The number of halogens is 3. The number of alkyl halides is 3. The van der Waals surface area contributed by atoms with Crippen molar-refractivity contribution in [3.05, 3.63) is 18.0 Å². The zero-order valence-corrected chi connectivity index (χ0v) is 11.7. The monoisotopic (exact) mass is 302 g/mol. The largest absolute Gasteiger partial charge is 0.389 e. The molecule has 0 saturated carbocycles. The molecule has 2 heterocycles. The summed E-state index contributed by atoms with van der Waals surface area (Å²) in [6.45, 7) is 2.84. The molecule has 1 unspecified atom stereocenters. The molecule has 1 aliphatic heterocycles. The molecule has 5 nitrogen and oxygen atoms in total. The molecule has 0 spiro atoms. The summed E-state index contributed by atoms with van der Waals surface area (Å²) < 4.78 is 36.8. The van der Waals surface area contributed by atoms with Gasteiger partial charge in [-0.05, 0) is 19.4 Å². The maximum Gasteiger partial charge on any atom is 0.389 e. The molecule has 1 aliphatic rings. The van der Waals surface area contributed by atoms with E-state index >= 15 is 0 Å². The average Bonchev–Trinajstić information content (AvgIpc) is 2.58. The fourth-order valence-corrected chi connectivity index (χ4v) is 2.13. The molecule has 0 bridgehead atoms. The molecular formula is C13H17F3N4O. The van der Waals surface area contributed by atoms with Crippen LogP contribution in [0, 0.1) is 0 Å². The summed E-state index contributed by atoms with van der Waals surface area (Å²) in [4.78, 5) is 21.5. The van der Waals surface area contributed by atoms with Crippen molar-refractivity contribution in [2.75, 3.05) is 18.0 Å². The van der Waals surface area contributed by atoms with Gasteiger partial charge >= 0.3 is 6.18 Å². The standard InChI is InChI=1S/C13H17F3N4O/c1-9-8-18-11(21)4-7-20(9)12-17-6-3-10(19-12)2-5-13(14,15)16/h3,6,9H,2,4-5,7-8H2,1H3,(H,18,21). The molecule has 1 amide bonds.